The smallest absolute Gasteiger partial charge is 0.251 e. The Morgan fingerprint density at radius 1 is 1.00 bits per heavy atom. The second kappa shape index (κ2) is 7.83. The van der Waals surface area contributed by atoms with Crippen LogP contribution in [0.25, 0.3) is 11.1 Å². The van der Waals surface area contributed by atoms with Gasteiger partial charge in [-0.05, 0) is 41.5 Å². The Balaban J connectivity index is 1.77. The van der Waals surface area contributed by atoms with E-state index >= 15 is 0 Å². The SMILES string of the molecule is [2H]C(NC(=O)c1ccccc1)c1ccc(-c2ccc(N(C)C)cc2)cc1F. The topological polar surface area (TPSA) is 32.3 Å². The first-order valence-corrected chi connectivity index (χ1v) is 8.31. The Labute approximate surface area is 154 Å². The highest BCUT2D eigenvalue weighted by atomic mass is 19.1. The van der Waals surface area contributed by atoms with E-state index < -0.39 is 18.2 Å². The van der Waals surface area contributed by atoms with Crippen LogP contribution in [0.1, 0.15) is 17.3 Å². The third-order valence-electron chi connectivity index (χ3n) is 4.11. The third-order valence-corrected chi connectivity index (χ3v) is 4.11. The van der Waals surface area contributed by atoms with Crippen molar-refractivity contribution in [2.45, 2.75) is 6.52 Å². The molecule has 3 rings (SSSR count). The maximum absolute atomic E-state index is 14.6. The largest absolute Gasteiger partial charge is 0.378 e. The molecule has 1 unspecified atom stereocenters. The van der Waals surface area contributed by atoms with Gasteiger partial charge in [0, 0.05) is 37.4 Å². The monoisotopic (exact) mass is 349 g/mol. The van der Waals surface area contributed by atoms with Crippen molar-refractivity contribution in [3.63, 3.8) is 0 Å². The molecule has 0 heterocycles. The van der Waals surface area contributed by atoms with Crippen LogP contribution in [0.5, 0.6) is 0 Å². The van der Waals surface area contributed by atoms with Crippen molar-refractivity contribution in [3.05, 3.63) is 89.7 Å². The maximum Gasteiger partial charge on any atom is 0.251 e. The van der Waals surface area contributed by atoms with E-state index in [0.29, 0.717) is 5.56 Å². The lowest BCUT2D eigenvalue weighted by Gasteiger charge is -2.13. The molecule has 1 atom stereocenters. The number of carbonyl (C=O) groups excluding carboxylic acids is 1. The molecule has 0 fully saturated rings. The highest BCUT2D eigenvalue weighted by Crippen LogP contribution is 2.24. The van der Waals surface area contributed by atoms with Gasteiger partial charge in [0.1, 0.15) is 5.82 Å². The van der Waals surface area contributed by atoms with Crippen LogP contribution in [0.4, 0.5) is 10.1 Å². The Hall–Kier alpha value is -3.14. The molecule has 0 saturated carbocycles. The zero-order valence-electron chi connectivity index (χ0n) is 15.7. The fourth-order valence-corrected chi connectivity index (χ4v) is 2.59. The number of nitrogens with one attached hydrogen (secondary N) is 1. The summed E-state index contributed by atoms with van der Waals surface area (Å²) in [4.78, 5) is 14.2. The minimum absolute atomic E-state index is 0.132. The van der Waals surface area contributed by atoms with Crippen LogP contribution in [0.2, 0.25) is 0 Å². The van der Waals surface area contributed by atoms with Gasteiger partial charge in [0.2, 0.25) is 0 Å². The Morgan fingerprint density at radius 3 is 2.27 bits per heavy atom. The molecule has 0 spiro atoms. The van der Waals surface area contributed by atoms with Gasteiger partial charge in [-0.25, -0.2) is 4.39 Å². The summed E-state index contributed by atoms with van der Waals surface area (Å²) in [7, 11) is 3.92. The first-order valence-electron chi connectivity index (χ1n) is 8.89. The van der Waals surface area contributed by atoms with Gasteiger partial charge in [-0.3, -0.25) is 4.79 Å². The van der Waals surface area contributed by atoms with Gasteiger partial charge in [-0.15, -0.1) is 0 Å². The van der Waals surface area contributed by atoms with Gasteiger partial charge in [0.05, 0.1) is 1.37 Å². The molecule has 4 heteroatoms. The lowest BCUT2D eigenvalue weighted by atomic mass is 10.0. The van der Waals surface area contributed by atoms with E-state index in [-0.39, 0.29) is 5.56 Å². The third kappa shape index (κ3) is 4.09. The molecule has 26 heavy (non-hydrogen) atoms. The van der Waals surface area contributed by atoms with E-state index in [1.54, 1.807) is 42.5 Å². The molecule has 0 aliphatic rings. The van der Waals surface area contributed by atoms with Gasteiger partial charge in [0.25, 0.3) is 5.91 Å². The number of halogens is 1. The summed E-state index contributed by atoms with van der Waals surface area (Å²) in [6.45, 7) is -1.18. The maximum atomic E-state index is 14.6. The molecule has 3 aromatic carbocycles. The minimum Gasteiger partial charge on any atom is -0.378 e. The second-order valence-corrected chi connectivity index (χ2v) is 6.16. The fraction of sp³-hybridized carbons (Fsp3) is 0.136. The van der Waals surface area contributed by atoms with Crippen molar-refractivity contribution in [2.24, 2.45) is 0 Å². The predicted octanol–water partition coefficient (Wildman–Crippen LogP) is 4.49. The van der Waals surface area contributed by atoms with Crippen molar-refractivity contribution < 1.29 is 10.6 Å². The molecule has 132 valence electrons. The summed E-state index contributed by atoms with van der Waals surface area (Å²) in [6.07, 6.45) is 0. The van der Waals surface area contributed by atoms with E-state index in [4.69, 9.17) is 1.37 Å². The van der Waals surface area contributed by atoms with E-state index in [1.807, 2.05) is 43.3 Å². The van der Waals surface area contributed by atoms with Crippen molar-refractivity contribution in [2.75, 3.05) is 19.0 Å². The Kier molecular flexibility index (Phi) is 4.92. The molecule has 0 aromatic heterocycles. The summed E-state index contributed by atoms with van der Waals surface area (Å²) in [5.74, 6) is -0.920. The van der Waals surface area contributed by atoms with Crippen molar-refractivity contribution in [1.82, 2.24) is 5.32 Å². The van der Waals surface area contributed by atoms with Crippen LogP contribution >= 0.6 is 0 Å². The standard InChI is InChI=1S/C22H21FN2O/c1-25(2)20-12-10-16(11-13-20)18-8-9-19(21(23)14-18)15-24-22(26)17-6-4-3-5-7-17/h3-14H,15H2,1-2H3,(H,24,26)/i15D. The van der Waals surface area contributed by atoms with Crippen LogP contribution < -0.4 is 10.2 Å². The zero-order valence-corrected chi connectivity index (χ0v) is 14.7. The molecular weight excluding hydrogens is 327 g/mol. The van der Waals surface area contributed by atoms with Crippen molar-refractivity contribution >= 4 is 11.6 Å². The van der Waals surface area contributed by atoms with E-state index in [9.17, 15) is 9.18 Å². The highest BCUT2D eigenvalue weighted by molar-refractivity contribution is 5.94. The Bertz CT molecular complexity index is 927. The molecule has 0 aliphatic heterocycles. The summed E-state index contributed by atoms with van der Waals surface area (Å²) in [6, 6.07) is 21.1. The minimum atomic E-state index is -1.18. The summed E-state index contributed by atoms with van der Waals surface area (Å²) < 4.78 is 22.7. The van der Waals surface area contributed by atoms with Gasteiger partial charge >= 0.3 is 0 Å². The molecule has 1 amide bonds. The summed E-state index contributed by atoms with van der Waals surface area (Å²) >= 11 is 0. The van der Waals surface area contributed by atoms with Gasteiger partial charge in [-0.1, -0.05) is 42.5 Å². The van der Waals surface area contributed by atoms with Gasteiger partial charge in [0.15, 0.2) is 0 Å². The summed E-state index contributed by atoms with van der Waals surface area (Å²) in [5.41, 5.74) is 3.25. The lowest BCUT2D eigenvalue weighted by molar-refractivity contribution is 0.0950. The zero-order chi connectivity index (χ0) is 19.4. The molecule has 3 nitrogen and oxygen atoms in total. The number of rotatable bonds is 5. The van der Waals surface area contributed by atoms with E-state index in [1.165, 1.54) is 6.07 Å². The molecule has 1 N–H and O–H groups in total. The number of hydrogen-bond acceptors (Lipinski definition) is 2. The average molecular weight is 349 g/mol. The molecule has 0 saturated heterocycles. The van der Waals surface area contributed by atoms with E-state index in [0.717, 1.165) is 16.8 Å². The normalized spacial score (nSPS) is 12.2. The second-order valence-electron chi connectivity index (χ2n) is 6.16. The van der Waals surface area contributed by atoms with Crippen LogP contribution in [-0.2, 0) is 6.52 Å². The lowest BCUT2D eigenvalue weighted by Crippen LogP contribution is -2.23. The first-order chi connectivity index (χ1) is 13.0. The molecule has 0 bridgehead atoms. The first kappa shape index (κ1) is 16.3. The van der Waals surface area contributed by atoms with Crippen molar-refractivity contribution in [1.29, 1.82) is 0 Å². The van der Waals surface area contributed by atoms with Crippen LogP contribution in [-0.4, -0.2) is 20.0 Å². The molecular formula is C22H21FN2O. The van der Waals surface area contributed by atoms with Crippen LogP contribution in [0, 0.1) is 5.82 Å². The number of amides is 1. The van der Waals surface area contributed by atoms with Gasteiger partial charge in [-0.2, -0.15) is 0 Å². The number of benzene rings is 3. The number of nitrogens with zero attached hydrogens (tertiary/aromatic N) is 1. The summed E-state index contributed by atoms with van der Waals surface area (Å²) in [5, 5.41) is 2.51. The van der Waals surface area contributed by atoms with Crippen LogP contribution in [0.15, 0.2) is 72.8 Å². The average Bonchev–Trinajstić information content (AvgIpc) is 2.68. The Morgan fingerprint density at radius 2 is 1.65 bits per heavy atom. The van der Waals surface area contributed by atoms with E-state index in [2.05, 4.69) is 5.32 Å². The molecule has 0 aliphatic carbocycles. The van der Waals surface area contributed by atoms with Crippen molar-refractivity contribution in [3.8, 4) is 11.1 Å². The number of anilines is 1. The number of hydrogen-bond donors (Lipinski definition) is 1. The van der Waals surface area contributed by atoms with Gasteiger partial charge < -0.3 is 10.2 Å². The quantitative estimate of drug-likeness (QED) is 0.736. The molecule has 3 aromatic rings. The highest BCUT2D eigenvalue weighted by Gasteiger charge is 2.09. The predicted molar refractivity (Wildman–Crippen MR) is 104 cm³/mol. The molecule has 0 radical (unpaired) electrons. The fourth-order valence-electron chi connectivity index (χ4n) is 2.59. The number of carbonyl (C=O) groups is 1. The van der Waals surface area contributed by atoms with Crippen LogP contribution in [0.3, 0.4) is 0 Å².